The fourth-order valence-electron chi connectivity index (χ4n) is 2.22. The molecule has 3 heteroatoms. The van der Waals surface area contributed by atoms with E-state index in [-0.39, 0.29) is 5.78 Å². The summed E-state index contributed by atoms with van der Waals surface area (Å²) in [6.07, 6.45) is 0. The molecular weight excluding hydrogens is 292 g/mol. The van der Waals surface area contributed by atoms with Crippen LogP contribution in [0.5, 0.6) is 5.75 Å². The van der Waals surface area contributed by atoms with E-state index in [1.165, 1.54) is 16.9 Å². The molecule has 110 valence electrons. The third-order valence-corrected chi connectivity index (χ3v) is 4.22. The second-order valence-electron chi connectivity index (χ2n) is 5.11. The number of ketones is 1. The Morgan fingerprint density at radius 2 is 1.86 bits per heavy atom. The molecule has 0 atom stereocenters. The second-order valence-corrected chi connectivity index (χ2v) is 6.06. The molecule has 0 radical (unpaired) electrons. The van der Waals surface area contributed by atoms with Crippen molar-refractivity contribution >= 4 is 17.1 Å². The lowest BCUT2D eigenvalue weighted by Gasteiger charge is -2.07. The molecular formula is C19H16O2S. The van der Waals surface area contributed by atoms with Crippen LogP contribution in [0.15, 0.2) is 66.0 Å². The van der Waals surface area contributed by atoms with Gasteiger partial charge in [0.25, 0.3) is 0 Å². The van der Waals surface area contributed by atoms with Crippen LogP contribution in [0.25, 0.3) is 0 Å². The molecule has 2 aromatic carbocycles. The number of carbonyl (C=O) groups is 1. The van der Waals surface area contributed by atoms with Crippen LogP contribution in [0.3, 0.4) is 0 Å². The van der Waals surface area contributed by atoms with Crippen molar-refractivity contribution in [2.24, 2.45) is 0 Å². The van der Waals surface area contributed by atoms with E-state index in [1.54, 1.807) is 0 Å². The van der Waals surface area contributed by atoms with Crippen LogP contribution in [0, 0.1) is 6.92 Å². The maximum atomic E-state index is 12.2. The van der Waals surface area contributed by atoms with Crippen LogP contribution in [0.1, 0.15) is 26.4 Å². The van der Waals surface area contributed by atoms with Gasteiger partial charge in [-0.1, -0.05) is 35.9 Å². The zero-order valence-electron chi connectivity index (χ0n) is 12.3. The molecule has 0 amide bonds. The first-order valence-electron chi connectivity index (χ1n) is 7.09. The van der Waals surface area contributed by atoms with Crippen LogP contribution in [0.2, 0.25) is 0 Å². The summed E-state index contributed by atoms with van der Waals surface area (Å²) in [6.45, 7) is 2.59. The van der Waals surface area contributed by atoms with Gasteiger partial charge < -0.3 is 4.74 Å². The standard InChI is InChI=1S/C19H16O2S/c1-14-4-2-5-15(12-14)13-21-17-9-7-16(8-10-17)19(20)18-6-3-11-22-18/h2-12H,13H2,1H3. The lowest BCUT2D eigenvalue weighted by molar-refractivity contribution is 0.104. The predicted molar refractivity (Wildman–Crippen MR) is 89.7 cm³/mol. The van der Waals surface area contributed by atoms with E-state index in [1.807, 2.05) is 53.9 Å². The maximum Gasteiger partial charge on any atom is 0.202 e. The molecule has 22 heavy (non-hydrogen) atoms. The van der Waals surface area contributed by atoms with Crippen LogP contribution >= 0.6 is 11.3 Å². The number of carbonyl (C=O) groups excluding carboxylic acids is 1. The summed E-state index contributed by atoms with van der Waals surface area (Å²) in [7, 11) is 0. The zero-order valence-corrected chi connectivity index (χ0v) is 13.1. The number of hydrogen-bond acceptors (Lipinski definition) is 3. The van der Waals surface area contributed by atoms with Crippen molar-refractivity contribution in [1.82, 2.24) is 0 Å². The Kier molecular flexibility index (Phi) is 4.35. The van der Waals surface area contributed by atoms with Crippen molar-refractivity contribution in [3.8, 4) is 5.75 Å². The van der Waals surface area contributed by atoms with Crippen LogP contribution in [0.4, 0.5) is 0 Å². The van der Waals surface area contributed by atoms with Gasteiger partial charge in [0.2, 0.25) is 5.78 Å². The van der Waals surface area contributed by atoms with Gasteiger partial charge in [0, 0.05) is 5.56 Å². The molecule has 0 N–H and O–H groups in total. The summed E-state index contributed by atoms with van der Waals surface area (Å²) in [6, 6.07) is 19.3. The molecule has 0 saturated carbocycles. The average Bonchev–Trinajstić information content (AvgIpc) is 3.07. The van der Waals surface area contributed by atoms with E-state index >= 15 is 0 Å². The Balaban J connectivity index is 1.66. The molecule has 0 fully saturated rings. The molecule has 0 aliphatic rings. The topological polar surface area (TPSA) is 26.3 Å². The number of rotatable bonds is 5. The molecule has 0 saturated heterocycles. The largest absolute Gasteiger partial charge is 0.489 e. The summed E-state index contributed by atoms with van der Waals surface area (Å²) in [5.74, 6) is 0.824. The highest BCUT2D eigenvalue weighted by molar-refractivity contribution is 7.12. The summed E-state index contributed by atoms with van der Waals surface area (Å²) < 4.78 is 5.76. The number of benzene rings is 2. The molecule has 0 unspecified atom stereocenters. The smallest absolute Gasteiger partial charge is 0.202 e. The minimum absolute atomic E-state index is 0.0558. The predicted octanol–water partition coefficient (Wildman–Crippen LogP) is 4.87. The SMILES string of the molecule is Cc1cccc(COc2ccc(C(=O)c3cccs3)cc2)c1. The van der Waals surface area contributed by atoms with Crippen LogP contribution in [-0.4, -0.2) is 5.78 Å². The summed E-state index contributed by atoms with van der Waals surface area (Å²) in [4.78, 5) is 13.0. The van der Waals surface area contributed by atoms with E-state index < -0.39 is 0 Å². The minimum atomic E-state index is 0.0558. The third-order valence-electron chi connectivity index (χ3n) is 3.35. The Labute approximate surface area is 134 Å². The first kappa shape index (κ1) is 14.5. The van der Waals surface area contributed by atoms with Gasteiger partial charge in [-0.15, -0.1) is 11.3 Å². The van der Waals surface area contributed by atoms with Crippen molar-refractivity contribution in [2.75, 3.05) is 0 Å². The van der Waals surface area contributed by atoms with Gasteiger partial charge in [0.15, 0.2) is 0 Å². The van der Waals surface area contributed by atoms with Gasteiger partial charge in [-0.2, -0.15) is 0 Å². The molecule has 0 spiro atoms. The zero-order chi connectivity index (χ0) is 15.4. The highest BCUT2D eigenvalue weighted by Gasteiger charge is 2.09. The summed E-state index contributed by atoms with van der Waals surface area (Å²) >= 11 is 1.46. The fourth-order valence-corrected chi connectivity index (χ4v) is 2.91. The van der Waals surface area contributed by atoms with Gasteiger partial charge in [0.1, 0.15) is 12.4 Å². The molecule has 0 aliphatic carbocycles. The van der Waals surface area contributed by atoms with Crippen molar-refractivity contribution in [3.63, 3.8) is 0 Å². The third kappa shape index (κ3) is 3.43. The van der Waals surface area contributed by atoms with Crippen molar-refractivity contribution < 1.29 is 9.53 Å². The summed E-state index contributed by atoms with van der Waals surface area (Å²) in [5.41, 5.74) is 3.04. The molecule has 0 bridgehead atoms. The Bertz CT molecular complexity index is 758. The van der Waals surface area contributed by atoms with E-state index in [0.717, 1.165) is 16.2 Å². The maximum absolute atomic E-state index is 12.2. The normalized spacial score (nSPS) is 10.4. The molecule has 3 aromatic rings. The second kappa shape index (κ2) is 6.58. The Hall–Kier alpha value is -2.39. The summed E-state index contributed by atoms with van der Waals surface area (Å²) in [5, 5.41) is 1.91. The molecule has 3 rings (SSSR count). The van der Waals surface area contributed by atoms with Gasteiger partial charge in [-0.3, -0.25) is 4.79 Å². The van der Waals surface area contributed by atoms with E-state index in [2.05, 4.69) is 19.1 Å². The van der Waals surface area contributed by atoms with Crippen molar-refractivity contribution in [2.45, 2.75) is 13.5 Å². The quantitative estimate of drug-likeness (QED) is 0.629. The number of ether oxygens (including phenoxy) is 1. The molecule has 1 aromatic heterocycles. The molecule has 0 aliphatic heterocycles. The van der Waals surface area contributed by atoms with E-state index in [0.29, 0.717) is 12.2 Å². The first-order valence-corrected chi connectivity index (χ1v) is 7.97. The number of aryl methyl sites for hydroxylation is 1. The Morgan fingerprint density at radius 1 is 1.05 bits per heavy atom. The number of hydrogen-bond donors (Lipinski definition) is 0. The lowest BCUT2D eigenvalue weighted by atomic mass is 10.1. The number of thiophene rings is 1. The lowest BCUT2D eigenvalue weighted by Crippen LogP contribution is -1.99. The fraction of sp³-hybridized carbons (Fsp3) is 0.105. The average molecular weight is 308 g/mol. The minimum Gasteiger partial charge on any atom is -0.489 e. The molecule has 2 nitrogen and oxygen atoms in total. The Morgan fingerprint density at radius 3 is 2.55 bits per heavy atom. The van der Waals surface area contributed by atoms with Crippen molar-refractivity contribution in [3.05, 3.63) is 87.6 Å². The first-order chi connectivity index (χ1) is 10.7. The highest BCUT2D eigenvalue weighted by atomic mass is 32.1. The van der Waals surface area contributed by atoms with Gasteiger partial charge in [-0.25, -0.2) is 0 Å². The van der Waals surface area contributed by atoms with Crippen LogP contribution in [-0.2, 0) is 6.61 Å². The van der Waals surface area contributed by atoms with Gasteiger partial charge in [0.05, 0.1) is 4.88 Å². The van der Waals surface area contributed by atoms with Crippen LogP contribution < -0.4 is 4.74 Å². The monoisotopic (exact) mass is 308 g/mol. The highest BCUT2D eigenvalue weighted by Crippen LogP contribution is 2.19. The van der Waals surface area contributed by atoms with E-state index in [4.69, 9.17) is 4.74 Å². The van der Waals surface area contributed by atoms with Gasteiger partial charge >= 0.3 is 0 Å². The van der Waals surface area contributed by atoms with Crippen molar-refractivity contribution in [1.29, 1.82) is 0 Å². The van der Waals surface area contributed by atoms with Gasteiger partial charge in [-0.05, 0) is 48.2 Å². The molecule has 1 heterocycles. The van der Waals surface area contributed by atoms with E-state index in [9.17, 15) is 4.79 Å².